The minimum atomic E-state index is -1.00. The SMILES string of the molecule is CC.CC(C)(C)OC(=O)N1CCC(O)(c2ccc(Cl)cc2)C(C)(C)C1. The Labute approximate surface area is 157 Å². The third kappa shape index (κ3) is 5.11. The number of piperidine rings is 1. The Morgan fingerprint density at radius 3 is 2.16 bits per heavy atom. The van der Waals surface area contributed by atoms with Gasteiger partial charge in [-0.25, -0.2) is 4.79 Å². The maximum atomic E-state index is 12.3. The van der Waals surface area contributed by atoms with Crippen LogP contribution in [0.5, 0.6) is 0 Å². The summed E-state index contributed by atoms with van der Waals surface area (Å²) in [6.45, 7) is 14.4. The predicted octanol–water partition coefficient (Wildman–Crippen LogP) is 5.22. The second kappa shape index (κ2) is 7.96. The van der Waals surface area contributed by atoms with Crippen molar-refractivity contribution in [2.75, 3.05) is 13.1 Å². The number of hydrogen-bond acceptors (Lipinski definition) is 3. The van der Waals surface area contributed by atoms with E-state index in [1.807, 2.05) is 60.6 Å². The zero-order chi connectivity index (χ0) is 19.5. The second-order valence-electron chi connectivity index (χ2n) is 7.90. The van der Waals surface area contributed by atoms with Crippen molar-refractivity contribution in [3.63, 3.8) is 0 Å². The van der Waals surface area contributed by atoms with Gasteiger partial charge in [0.05, 0.1) is 5.60 Å². The number of carbonyl (C=O) groups is 1. The quantitative estimate of drug-likeness (QED) is 0.738. The molecule has 2 rings (SSSR count). The standard InChI is InChI=1S/C18H26ClNO3.C2H6/c1-16(2,3)23-15(21)20-11-10-18(22,17(4,5)12-20)13-6-8-14(19)9-7-13;1-2/h6-9,22H,10-12H2,1-5H3;1-2H3. The lowest BCUT2D eigenvalue weighted by Gasteiger charge is -2.50. The Hall–Kier alpha value is -1.26. The molecule has 1 amide bonds. The van der Waals surface area contributed by atoms with Crippen LogP contribution in [0.4, 0.5) is 4.79 Å². The lowest BCUT2D eigenvalue weighted by atomic mass is 9.66. The maximum absolute atomic E-state index is 12.3. The van der Waals surface area contributed by atoms with E-state index in [2.05, 4.69) is 0 Å². The summed E-state index contributed by atoms with van der Waals surface area (Å²) >= 11 is 5.94. The van der Waals surface area contributed by atoms with Crippen LogP contribution in [0.2, 0.25) is 5.02 Å². The molecule has 1 atom stereocenters. The van der Waals surface area contributed by atoms with E-state index >= 15 is 0 Å². The van der Waals surface area contributed by atoms with Crippen LogP contribution in [-0.4, -0.2) is 34.8 Å². The molecule has 0 aliphatic carbocycles. The van der Waals surface area contributed by atoms with Crippen molar-refractivity contribution >= 4 is 17.7 Å². The van der Waals surface area contributed by atoms with Crippen molar-refractivity contribution in [1.29, 1.82) is 0 Å². The summed E-state index contributed by atoms with van der Waals surface area (Å²) in [5.41, 5.74) is -1.20. The number of rotatable bonds is 1. The molecule has 1 unspecified atom stereocenters. The molecule has 25 heavy (non-hydrogen) atoms. The molecule has 1 saturated heterocycles. The van der Waals surface area contributed by atoms with Gasteiger partial charge in [0.2, 0.25) is 0 Å². The van der Waals surface area contributed by atoms with Gasteiger partial charge in [0, 0.05) is 23.5 Å². The first-order valence-corrected chi connectivity index (χ1v) is 9.29. The number of nitrogens with zero attached hydrogens (tertiary/aromatic N) is 1. The van der Waals surface area contributed by atoms with Crippen molar-refractivity contribution in [3.05, 3.63) is 34.9 Å². The summed E-state index contributed by atoms with van der Waals surface area (Å²) in [6, 6.07) is 7.27. The molecule has 4 nitrogen and oxygen atoms in total. The first-order valence-electron chi connectivity index (χ1n) is 8.91. The summed E-state index contributed by atoms with van der Waals surface area (Å²) in [5, 5.41) is 11.9. The number of carbonyl (C=O) groups excluding carboxylic acids is 1. The van der Waals surface area contributed by atoms with Gasteiger partial charge in [0.15, 0.2) is 0 Å². The van der Waals surface area contributed by atoms with E-state index in [4.69, 9.17) is 16.3 Å². The van der Waals surface area contributed by atoms with Crippen molar-refractivity contribution in [2.24, 2.45) is 5.41 Å². The molecule has 1 aliphatic rings. The van der Waals surface area contributed by atoms with Crippen molar-refractivity contribution in [3.8, 4) is 0 Å². The van der Waals surface area contributed by atoms with E-state index in [-0.39, 0.29) is 6.09 Å². The maximum Gasteiger partial charge on any atom is 0.410 e. The van der Waals surface area contributed by atoms with E-state index in [1.165, 1.54) is 0 Å². The summed E-state index contributed by atoms with van der Waals surface area (Å²) in [5.74, 6) is 0. The highest BCUT2D eigenvalue weighted by Crippen LogP contribution is 2.46. The molecule has 0 bridgehead atoms. The Kier molecular flexibility index (Phi) is 6.94. The first-order chi connectivity index (χ1) is 11.4. The lowest BCUT2D eigenvalue weighted by molar-refractivity contribution is -0.123. The predicted molar refractivity (Wildman–Crippen MR) is 103 cm³/mol. The van der Waals surface area contributed by atoms with Gasteiger partial charge in [-0.05, 0) is 44.9 Å². The number of likely N-dealkylation sites (tertiary alicyclic amines) is 1. The third-order valence-corrected chi connectivity index (χ3v) is 4.67. The van der Waals surface area contributed by atoms with Gasteiger partial charge in [-0.3, -0.25) is 0 Å². The van der Waals surface area contributed by atoms with E-state index < -0.39 is 16.6 Å². The third-order valence-electron chi connectivity index (χ3n) is 4.42. The van der Waals surface area contributed by atoms with Gasteiger partial charge in [-0.15, -0.1) is 0 Å². The number of amides is 1. The molecule has 1 heterocycles. The average Bonchev–Trinajstić information content (AvgIpc) is 2.51. The van der Waals surface area contributed by atoms with Crippen LogP contribution in [0.25, 0.3) is 0 Å². The molecule has 0 spiro atoms. The first kappa shape index (κ1) is 21.8. The molecule has 1 N–H and O–H groups in total. The molecular weight excluding hydrogens is 338 g/mol. The smallest absolute Gasteiger partial charge is 0.410 e. The zero-order valence-electron chi connectivity index (χ0n) is 16.5. The Bertz CT molecular complexity index is 578. The highest BCUT2D eigenvalue weighted by Gasteiger charge is 2.50. The summed E-state index contributed by atoms with van der Waals surface area (Å²) in [4.78, 5) is 14.0. The lowest BCUT2D eigenvalue weighted by Crippen LogP contribution is -2.57. The number of ether oxygens (including phenoxy) is 1. The average molecular weight is 370 g/mol. The molecule has 1 aliphatic heterocycles. The summed E-state index contributed by atoms with van der Waals surface area (Å²) < 4.78 is 5.45. The molecule has 5 heteroatoms. The summed E-state index contributed by atoms with van der Waals surface area (Å²) in [6.07, 6.45) is 0.129. The highest BCUT2D eigenvalue weighted by molar-refractivity contribution is 6.30. The van der Waals surface area contributed by atoms with E-state index in [1.54, 1.807) is 17.0 Å². The molecule has 1 fully saturated rings. The molecule has 1 aromatic rings. The van der Waals surface area contributed by atoms with Crippen molar-refractivity contribution in [2.45, 2.75) is 66.1 Å². The number of halogens is 1. The van der Waals surface area contributed by atoms with Gasteiger partial charge in [-0.2, -0.15) is 0 Å². The largest absolute Gasteiger partial charge is 0.444 e. The number of hydrogen-bond donors (Lipinski definition) is 1. The number of benzene rings is 1. The van der Waals surface area contributed by atoms with Crippen molar-refractivity contribution in [1.82, 2.24) is 4.90 Å². The molecule has 0 radical (unpaired) electrons. The van der Waals surface area contributed by atoms with Crippen LogP contribution in [0.3, 0.4) is 0 Å². The zero-order valence-corrected chi connectivity index (χ0v) is 17.3. The van der Waals surface area contributed by atoms with E-state index in [0.29, 0.717) is 24.5 Å². The van der Waals surface area contributed by atoms with Crippen LogP contribution >= 0.6 is 11.6 Å². The number of aliphatic hydroxyl groups is 1. The van der Waals surface area contributed by atoms with Crippen LogP contribution in [0.15, 0.2) is 24.3 Å². The molecule has 0 saturated carbocycles. The second-order valence-corrected chi connectivity index (χ2v) is 8.34. The van der Waals surface area contributed by atoms with Crippen LogP contribution in [0, 0.1) is 5.41 Å². The summed E-state index contributed by atoms with van der Waals surface area (Å²) in [7, 11) is 0. The van der Waals surface area contributed by atoms with Gasteiger partial charge in [-0.1, -0.05) is 51.4 Å². The van der Waals surface area contributed by atoms with Crippen LogP contribution < -0.4 is 0 Å². The molecule has 142 valence electrons. The highest BCUT2D eigenvalue weighted by atomic mass is 35.5. The molecule has 0 aromatic heterocycles. The molecule has 1 aromatic carbocycles. The van der Waals surface area contributed by atoms with Gasteiger partial charge < -0.3 is 14.7 Å². The fourth-order valence-corrected chi connectivity index (χ4v) is 3.19. The van der Waals surface area contributed by atoms with Gasteiger partial charge >= 0.3 is 6.09 Å². The van der Waals surface area contributed by atoms with Gasteiger partial charge in [0.1, 0.15) is 5.60 Å². The Morgan fingerprint density at radius 2 is 1.72 bits per heavy atom. The normalized spacial score (nSPS) is 22.7. The monoisotopic (exact) mass is 369 g/mol. The minimum Gasteiger partial charge on any atom is -0.444 e. The van der Waals surface area contributed by atoms with Crippen LogP contribution in [-0.2, 0) is 10.3 Å². The van der Waals surface area contributed by atoms with E-state index in [9.17, 15) is 9.90 Å². The minimum absolute atomic E-state index is 0.330. The van der Waals surface area contributed by atoms with Crippen molar-refractivity contribution < 1.29 is 14.6 Å². The molecular formula is C20H32ClNO3. The fourth-order valence-electron chi connectivity index (χ4n) is 3.07. The fraction of sp³-hybridized carbons (Fsp3) is 0.650. The van der Waals surface area contributed by atoms with E-state index in [0.717, 1.165) is 5.56 Å². The van der Waals surface area contributed by atoms with Gasteiger partial charge in [0.25, 0.3) is 0 Å². The van der Waals surface area contributed by atoms with Crippen LogP contribution in [0.1, 0.15) is 60.5 Å². The topological polar surface area (TPSA) is 49.8 Å². The Morgan fingerprint density at radius 1 is 1.20 bits per heavy atom. The Balaban J connectivity index is 0.00000151.